The highest BCUT2D eigenvalue weighted by atomic mass is 15.2. The van der Waals surface area contributed by atoms with Gasteiger partial charge in [-0.1, -0.05) is 298 Å². The second-order valence-corrected chi connectivity index (χ2v) is 33.7. The minimum atomic E-state index is -0.754. The zero-order valence-corrected chi connectivity index (χ0v) is 62.3. The number of para-hydroxylation sites is 2. The van der Waals surface area contributed by atoms with E-state index in [0.717, 1.165) is 99.4 Å². The molecule has 0 N–H and O–H groups in total. The summed E-state index contributed by atoms with van der Waals surface area (Å²) in [7, 11) is 0. The molecule has 2 aliphatic heterocycles. The molecule has 2 aromatic heterocycles. The lowest BCUT2D eigenvalue weighted by atomic mass is 9.33. The lowest BCUT2D eigenvalue weighted by molar-refractivity contribution is 0.569. The van der Waals surface area contributed by atoms with E-state index in [1.807, 2.05) is 78.9 Å². The van der Waals surface area contributed by atoms with Gasteiger partial charge in [-0.25, -0.2) is 0 Å². The molecule has 0 amide bonds. The van der Waals surface area contributed by atoms with E-state index in [-0.39, 0.29) is 54.7 Å². The highest BCUT2D eigenvalue weighted by Crippen LogP contribution is 2.54. The molecule has 15 aromatic rings. The number of anilines is 6. The molecule has 0 fully saturated rings. The Kier molecular flexibility index (Phi) is 12.4. The molecular weight excluding hydrogens is 1270 g/mol. The second-order valence-electron chi connectivity index (χ2n) is 33.7. The van der Waals surface area contributed by atoms with Crippen LogP contribution < -0.4 is 26.2 Å². The first kappa shape index (κ1) is 53.4. The molecule has 0 saturated heterocycles. The molecule has 0 aliphatic carbocycles. The van der Waals surface area contributed by atoms with Crippen molar-refractivity contribution in [1.82, 2.24) is 9.13 Å². The monoisotopic (exact) mass is 1370 g/mol. The average Bonchev–Trinajstić information content (AvgIpc) is 1.11. The average molecular weight is 1370 g/mol. The van der Waals surface area contributed by atoms with Crippen molar-refractivity contribution in [2.24, 2.45) is 0 Å². The van der Waals surface area contributed by atoms with Gasteiger partial charge in [0, 0.05) is 66.8 Å². The molecule has 6 heteroatoms. The molecule has 514 valence electrons. The van der Waals surface area contributed by atoms with Crippen LogP contribution in [-0.4, -0.2) is 15.8 Å². The van der Waals surface area contributed by atoms with Crippen LogP contribution in [0.3, 0.4) is 0 Å². The molecule has 0 atom stereocenters. The van der Waals surface area contributed by atoms with Crippen molar-refractivity contribution in [2.45, 2.75) is 131 Å². The van der Waals surface area contributed by atoms with Crippen LogP contribution in [-0.2, 0) is 27.1 Å². The van der Waals surface area contributed by atoms with E-state index in [4.69, 9.17) is 1.37 Å². The van der Waals surface area contributed by atoms with E-state index in [1.54, 1.807) is 4.57 Å². The SMILES string of the molecule is [2H]c1c([2H])c([2H])c(-c2ccc3c(c2)N(c2c(-c4ccccc4)cc(C(C)(C)C)cc2-c2ccccc2)c2cc(-n4c5c([2H])c([2H])c([2H])c([2H])c5c5c([2H])c([2H])c([2H])c([2H])c54)cc4c2B3c2ccc(-c3cc(C(C)(C)C)cc(C(C)(C)C)c3)cc2N4c2cc(C#N)cc(-n3c4cc(C(C)(C)C)ccc4c4ccc(C(C)(C)C)cc43)c2)c([2H])c1[2H]. The molecule has 0 spiro atoms. The van der Waals surface area contributed by atoms with Gasteiger partial charge in [-0.3, -0.25) is 0 Å². The predicted molar refractivity (Wildman–Crippen MR) is 449 cm³/mol. The van der Waals surface area contributed by atoms with E-state index in [0.29, 0.717) is 50.9 Å². The van der Waals surface area contributed by atoms with E-state index in [1.165, 1.54) is 0 Å². The summed E-state index contributed by atoms with van der Waals surface area (Å²) in [5.41, 5.74) is 18.0. The van der Waals surface area contributed by atoms with Gasteiger partial charge in [0.25, 0.3) is 6.71 Å². The van der Waals surface area contributed by atoms with E-state index in [9.17, 15) is 21.7 Å². The summed E-state index contributed by atoms with van der Waals surface area (Å²) in [6.45, 7) is 32.3. The van der Waals surface area contributed by atoms with Crippen LogP contribution in [0.5, 0.6) is 0 Å². The number of nitrogens with zero attached hydrogens (tertiary/aromatic N) is 5. The van der Waals surface area contributed by atoms with Gasteiger partial charge >= 0.3 is 0 Å². The minimum absolute atomic E-state index is 0.0233. The first-order valence-electron chi connectivity index (χ1n) is 42.8. The fraction of sp³-hybridized carbons (Fsp3) is 0.202. The Hall–Kier alpha value is -11.4. The Morgan fingerprint density at radius 3 is 1.24 bits per heavy atom. The van der Waals surface area contributed by atoms with Crippen LogP contribution in [0.4, 0.5) is 34.1 Å². The lowest BCUT2D eigenvalue weighted by Gasteiger charge is -2.45. The van der Waals surface area contributed by atoms with Gasteiger partial charge in [-0.15, -0.1) is 0 Å². The number of nitriles is 1. The largest absolute Gasteiger partial charge is 0.311 e. The van der Waals surface area contributed by atoms with E-state index >= 15 is 0 Å². The summed E-state index contributed by atoms with van der Waals surface area (Å²) >= 11 is 0. The first-order valence-corrected chi connectivity index (χ1v) is 36.3. The standard InChI is InChI=1S/C99H90BN5/c1-95(2,3)69-41-43-79-80-44-42-70(96(4,5)6)57-88(80)103(87(79)56-69)74-47-62(61-101)48-75(58-74)104-89-52-67(68-49-71(97(7,8)9)53-72(50-68)98(10,11)12)40-46-83(89)100-84-45-39-66(63-29-19-16-20-30-63)51-90(84)105(92-60-76(59-91(104)93(92)100)102-85-37-27-25-35-77(85)78-36-26-28-38-86(78)102)94-81(64-31-21-17-22-32-64)54-73(99(13,14)15)55-82(94)65-33-23-18-24-34-65/h16-60H,1-15H3/i16D,19D,20D,25D,26D,27D,28D,29D,30D,35D,36D,37D,38D. The quantitative estimate of drug-likeness (QED) is 0.142. The number of benzene rings is 13. The van der Waals surface area contributed by atoms with Crippen LogP contribution >= 0.6 is 0 Å². The highest BCUT2D eigenvalue weighted by Gasteiger charge is 2.46. The highest BCUT2D eigenvalue weighted by molar-refractivity contribution is 7.00. The normalized spacial score (nSPS) is 15.0. The Morgan fingerprint density at radius 2 is 0.743 bits per heavy atom. The van der Waals surface area contributed by atoms with Gasteiger partial charge in [0.05, 0.1) is 62.9 Å². The van der Waals surface area contributed by atoms with Gasteiger partial charge in [-0.05, 0) is 183 Å². The van der Waals surface area contributed by atoms with Crippen LogP contribution in [0, 0.1) is 11.3 Å². The van der Waals surface area contributed by atoms with Crippen molar-refractivity contribution in [1.29, 1.82) is 5.26 Å². The molecule has 5 nitrogen and oxygen atoms in total. The molecular formula is C99H90BN5. The molecule has 0 unspecified atom stereocenters. The number of aromatic nitrogens is 2. The smallest absolute Gasteiger partial charge is 0.252 e. The second kappa shape index (κ2) is 24.4. The van der Waals surface area contributed by atoms with Crippen molar-refractivity contribution >= 4 is 101 Å². The maximum absolute atomic E-state index is 12.0. The zero-order valence-electron chi connectivity index (χ0n) is 75.3. The van der Waals surface area contributed by atoms with E-state index in [2.05, 4.69) is 240 Å². The maximum atomic E-state index is 12.0. The number of hydrogen-bond donors (Lipinski definition) is 0. The summed E-state index contributed by atoms with van der Waals surface area (Å²) in [5, 5.41) is 13.8. The molecule has 13 aromatic carbocycles. The van der Waals surface area contributed by atoms with Gasteiger partial charge in [-0.2, -0.15) is 5.26 Å². The third-order valence-electron chi connectivity index (χ3n) is 21.6. The van der Waals surface area contributed by atoms with Crippen LogP contribution in [0.2, 0.25) is 0 Å². The van der Waals surface area contributed by atoms with Crippen molar-refractivity contribution < 1.29 is 17.8 Å². The molecule has 17 rings (SSSR count). The Morgan fingerprint density at radius 1 is 0.314 bits per heavy atom. The number of hydrogen-bond acceptors (Lipinski definition) is 3. The fourth-order valence-electron chi connectivity index (χ4n) is 15.8. The van der Waals surface area contributed by atoms with E-state index < -0.39 is 90.7 Å². The van der Waals surface area contributed by atoms with Crippen LogP contribution in [0.15, 0.2) is 273 Å². The summed E-state index contributed by atoms with van der Waals surface area (Å²) in [6, 6.07) is 63.1. The summed E-state index contributed by atoms with van der Waals surface area (Å²) < 4.78 is 128. The first-order chi connectivity index (χ1) is 55.6. The fourth-order valence-corrected chi connectivity index (χ4v) is 15.8. The van der Waals surface area contributed by atoms with Gasteiger partial charge in [0.15, 0.2) is 0 Å². The number of fused-ring (bicyclic) bond motifs is 10. The molecule has 0 bridgehead atoms. The lowest BCUT2D eigenvalue weighted by Crippen LogP contribution is -2.61. The van der Waals surface area contributed by atoms with Crippen molar-refractivity contribution in [3.05, 3.63) is 306 Å². The molecule has 105 heavy (non-hydrogen) atoms. The summed E-state index contributed by atoms with van der Waals surface area (Å²) in [6.07, 6.45) is 0. The number of rotatable bonds is 8. The van der Waals surface area contributed by atoms with Gasteiger partial charge in [0.1, 0.15) is 0 Å². The van der Waals surface area contributed by atoms with Gasteiger partial charge < -0.3 is 18.9 Å². The molecule has 4 heterocycles. The molecule has 0 saturated carbocycles. The Bertz CT molecular complexity index is 6630. The van der Waals surface area contributed by atoms with Crippen LogP contribution in [0.25, 0.3) is 99.5 Å². The summed E-state index contributed by atoms with van der Waals surface area (Å²) in [4.78, 5) is 4.40. The van der Waals surface area contributed by atoms with Crippen molar-refractivity contribution in [3.63, 3.8) is 0 Å². The Labute approximate surface area is 638 Å². The van der Waals surface area contributed by atoms with Gasteiger partial charge in [0.2, 0.25) is 0 Å². The maximum Gasteiger partial charge on any atom is 0.252 e. The zero-order chi connectivity index (χ0) is 84.3. The third-order valence-corrected chi connectivity index (χ3v) is 21.6. The van der Waals surface area contributed by atoms with Crippen molar-refractivity contribution in [2.75, 3.05) is 9.80 Å². The van der Waals surface area contributed by atoms with Crippen molar-refractivity contribution in [3.8, 4) is 62.0 Å². The topological polar surface area (TPSA) is 40.1 Å². The Balaban J connectivity index is 1.12. The molecule has 2 aliphatic rings. The minimum Gasteiger partial charge on any atom is -0.311 e. The molecule has 0 radical (unpaired) electrons. The third kappa shape index (κ3) is 11.4. The predicted octanol–water partition coefficient (Wildman–Crippen LogP) is 25.0. The summed E-state index contributed by atoms with van der Waals surface area (Å²) in [5.74, 6) is 0. The van der Waals surface area contributed by atoms with Crippen LogP contribution in [0.1, 0.15) is 155 Å².